The van der Waals surface area contributed by atoms with E-state index in [1.807, 2.05) is 19.1 Å². The predicted molar refractivity (Wildman–Crippen MR) is 94.6 cm³/mol. The highest BCUT2D eigenvalue weighted by atomic mass is 16.5. The summed E-state index contributed by atoms with van der Waals surface area (Å²) < 4.78 is 10.8. The first-order valence-corrected chi connectivity index (χ1v) is 8.40. The molecule has 0 aliphatic carbocycles. The molecule has 0 bridgehead atoms. The van der Waals surface area contributed by atoms with Gasteiger partial charge in [0.25, 0.3) is 5.91 Å². The zero-order valence-corrected chi connectivity index (χ0v) is 15.3. The molecule has 1 aromatic carbocycles. The van der Waals surface area contributed by atoms with Crippen molar-refractivity contribution in [2.45, 2.75) is 13.5 Å². The first-order valence-electron chi connectivity index (χ1n) is 8.40. The molecule has 1 aromatic rings. The lowest BCUT2D eigenvalue weighted by atomic mass is 9.88. The van der Waals surface area contributed by atoms with Crippen LogP contribution in [0.1, 0.15) is 12.5 Å². The zero-order chi connectivity index (χ0) is 18.4. The van der Waals surface area contributed by atoms with Gasteiger partial charge in [0.05, 0.1) is 7.11 Å². The summed E-state index contributed by atoms with van der Waals surface area (Å²) in [5, 5.41) is 6.14. The van der Waals surface area contributed by atoms with E-state index in [-0.39, 0.29) is 24.3 Å². The maximum absolute atomic E-state index is 12.2. The Kier molecular flexibility index (Phi) is 6.64. The minimum atomic E-state index is -0.127. The van der Waals surface area contributed by atoms with E-state index in [4.69, 9.17) is 9.47 Å². The average molecular weight is 349 g/mol. The molecule has 0 spiro atoms. The maximum atomic E-state index is 12.2. The lowest BCUT2D eigenvalue weighted by molar-refractivity contribution is -0.130. The number of likely N-dealkylation sites (N-methyl/N-ethyl adjacent to an activating group) is 1. The molecular formula is C18H27N3O4. The third kappa shape index (κ3) is 5.09. The Morgan fingerprint density at radius 3 is 2.60 bits per heavy atom. The molecule has 2 rings (SSSR count). The predicted octanol–water partition coefficient (Wildman–Crippen LogP) is 0.634. The molecule has 1 fully saturated rings. The van der Waals surface area contributed by atoms with Gasteiger partial charge in [-0.05, 0) is 36.7 Å². The van der Waals surface area contributed by atoms with Crippen LogP contribution in [-0.2, 0) is 16.1 Å². The summed E-state index contributed by atoms with van der Waals surface area (Å²) >= 11 is 0. The van der Waals surface area contributed by atoms with E-state index in [1.54, 1.807) is 27.3 Å². The van der Waals surface area contributed by atoms with Gasteiger partial charge in [0.2, 0.25) is 5.91 Å². The summed E-state index contributed by atoms with van der Waals surface area (Å²) in [5.41, 5.74) is 0.912. The zero-order valence-electron chi connectivity index (χ0n) is 15.3. The molecule has 0 saturated carbocycles. The van der Waals surface area contributed by atoms with Crippen LogP contribution in [0.25, 0.3) is 0 Å². The summed E-state index contributed by atoms with van der Waals surface area (Å²) in [6.07, 6.45) is 0. The van der Waals surface area contributed by atoms with Crippen LogP contribution in [0.5, 0.6) is 11.5 Å². The fourth-order valence-electron chi connectivity index (χ4n) is 2.44. The minimum Gasteiger partial charge on any atom is -0.493 e. The SMILES string of the molecule is COc1cc(CNC(=O)C(C)C2CNC2)ccc1OCC(=O)N(C)C. The van der Waals surface area contributed by atoms with Crippen molar-refractivity contribution in [3.63, 3.8) is 0 Å². The molecular weight excluding hydrogens is 322 g/mol. The van der Waals surface area contributed by atoms with E-state index >= 15 is 0 Å². The molecule has 0 aromatic heterocycles. The van der Waals surface area contributed by atoms with Gasteiger partial charge in [-0.15, -0.1) is 0 Å². The monoisotopic (exact) mass is 349 g/mol. The molecule has 25 heavy (non-hydrogen) atoms. The Labute approximate surface area is 148 Å². The third-order valence-electron chi connectivity index (χ3n) is 4.48. The van der Waals surface area contributed by atoms with Gasteiger partial charge in [0.15, 0.2) is 18.1 Å². The number of hydrogen-bond donors (Lipinski definition) is 2. The first kappa shape index (κ1) is 19.1. The summed E-state index contributed by atoms with van der Waals surface area (Å²) in [5.74, 6) is 1.39. The molecule has 0 radical (unpaired) electrons. The number of methoxy groups -OCH3 is 1. The van der Waals surface area contributed by atoms with Crippen LogP contribution in [-0.4, -0.2) is 57.6 Å². The van der Waals surface area contributed by atoms with Gasteiger partial charge in [0, 0.05) is 26.6 Å². The Hall–Kier alpha value is -2.28. The van der Waals surface area contributed by atoms with Crippen LogP contribution in [0.3, 0.4) is 0 Å². The lowest BCUT2D eigenvalue weighted by Gasteiger charge is -2.31. The molecule has 7 nitrogen and oxygen atoms in total. The third-order valence-corrected chi connectivity index (χ3v) is 4.48. The number of rotatable bonds is 8. The number of nitrogens with one attached hydrogen (secondary N) is 2. The standard InChI is InChI=1S/C18H27N3O4/c1-12(14-9-19-10-14)18(23)20-8-13-5-6-15(16(7-13)24-4)25-11-17(22)21(2)3/h5-7,12,14,19H,8-11H2,1-4H3,(H,20,23). The van der Waals surface area contributed by atoms with Crippen molar-refractivity contribution < 1.29 is 19.1 Å². The van der Waals surface area contributed by atoms with Crippen molar-refractivity contribution >= 4 is 11.8 Å². The fraction of sp³-hybridized carbons (Fsp3) is 0.556. The van der Waals surface area contributed by atoms with Crippen molar-refractivity contribution in [2.75, 3.05) is 40.9 Å². The van der Waals surface area contributed by atoms with Gasteiger partial charge in [-0.25, -0.2) is 0 Å². The normalized spacial score (nSPS) is 15.0. The van der Waals surface area contributed by atoms with Gasteiger partial charge in [-0.3, -0.25) is 9.59 Å². The van der Waals surface area contributed by atoms with Gasteiger partial charge in [0.1, 0.15) is 0 Å². The molecule has 2 amide bonds. The van der Waals surface area contributed by atoms with Crippen molar-refractivity contribution in [3.8, 4) is 11.5 Å². The van der Waals surface area contributed by atoms with Crippen molar-refractivity contribution in [2.24, 2.45) is 11.8 Å². The average Bonchev–Trinajstić information content (AvgIpc) is 2.55. The molecule has 1 heterocycles. The van der Waals surface area contributed by atoms with E-state index in [0.717, 1.165) is 18.7 Å². The molecule has 7 heteroatoms. The summed E-state index contributed by atoms with van der Waals surface area (Å²) in [6.45, 7) is 4.14. The minimum absolute atomic E-state index is 0.00259. The Morgan fingerprint density at radius 1 is 1.32 bits per heavy atom. The van der Waals surface area contributed by atoms with Gasteiger partial charge in [-0.1, -0.05) is 13.0 Å². The Balaban J connectivity index is 1.91. The van der Waals surface area contributed by atoms with Gasteiger partial charge < -0.3 is 25.0 Å². The lowest BCUT2D eigenvalue weighted by Crippen LogP contribution is -2.49. The topological polar surface area (TPSA) is 79.9 Å². The Morgan fingerprint density at radius 2 is 2.04 bits per heavy atom. The number of nitrogens with zero attached hydrogens (tertiary/aromatic N) is 1. The van der Waals surface area contributed by atoms with Crippen LogP contribution in [0.15, 0.2) is 18.2 Å². The second-order valence-electron chi connectivity index (χ2n) is 6.49. The van der Waals surface area contributed by atoms with E-state index < -0.39 is 0 Å². The summed E-state index contributed by atoms with van der Waals surface area (Å²) in [7, 11) is 4.90. The smallest absolute Gasteiger partial charge is 0.259 e. The maximum Gasteiger partial charge on any atom is 0.259 e. The summed E-state index contributed by atoms with van der Waals surface area (Å²) in [6, 6.07) is 5.42. The first-order chi connectivity index (χ1) is 11.9. The highest BCUT2D eigenvalue weighted by Crippen LogP contribution is 2.28. The molecule has 1 aliphatic heterocycles. The van der Waals surface area contributed by atoms with E-state index in [1.165, 1.54) is 4.90 Å². The van der Waals surface area contributed by atoms with Gasteiger partial charge >= 0.3 is 0 Å². The quantitative estimate of drug-likeness (QED) is 0.720. The number of hydrogen-bond acceptors (Lipinski definition) is 5. The molecule has 138 valence electrons. The second kappa shape index (κ2) is 8.71. The van der Waals surface area contributed by atoms with Crippen LogP contribution < -0.4 is 20.1 Å². The number of amides is 2. The van der Waals surface area contributed by atoms with E-state index in [9.17, 15) is 9.59 Å². The molecule has 1 atom stereocenters. The largest absolute Gasteiger partial charge is 0.493 e. The van der Waals surface area contributed by atoms with Crippen molar-refractivity contribution in [3.05, 3.63) is 23.8 Å². The molecule has 1 aliphatic rings. The highest BCUT2D eigenvalue weighted by Gasteiger charge is 2.28. The van der Waals surface area contributed by atoms with Gasteiger partial charge in [-0.2, -0.15) is 0 Å². The number of carbonyl (C=O) groups is 2. The highest BCUT2D eigenvalue weighted by molar-refractivity contribution is 5.79. The number of ether oxygens (including phenoxy) is 2. The number of benzene rings is 1. The molecule has 1 saturated heterocycles. The van der Waals surface area contributed by atoms with Crippen LogP contribution in [0.2, 0.25) is 0 Å². The Bertz CT molecular complexity index is 614. The molecule has 1 unspecified atom stereocenters. The van der Waals surface area contributed by atoms with Crippen LogP contribution >= 0.6 is 0 Å². The summed E-state index contributed by atoms with van der Waals surface area (Å²) in [4.78, 5) is 25.3. The number of carbonyl (C=O) groups excluding carboxylic acids is 2. The second-order valence-corrected chi connectivity index (χ2v) is 6.49. The van der Waals surface area contributed by atoms with Crippen LogP contribution in [0, 0.1) is 11.8 Å². The van der Waals surface area contributed by atoms with E-state index in [2.05, 4.69) is 10.6 Å². The van der Waals surface area contributed by atoms with Crippen molar-refractivity contribution in [1.29, 1.82) is 0 Å². The van der Waals surface area contributed by atoms with Crippen molar-refractivity contribution in [1.82, 2.24) is 15.5 Å². The van der Waals surface area contributed by atoms with E-state index in [0.29, 0.717) is 24.0 Å². The van der Waals surface area contributed by atoms with Crippen LogP contribution in [0.4, 0.5) is 0 Å². The fourth-order valence-corrected chi connectivity index (χ4v) is 2.44. The molecule has 2 N–H and O–H groups in total.